The molecule has 1 nitrogen and oxygen atoms in total. The maximum atomic E-state index is 4.16. The molecule has 0 aromatic rings. The van der Waals surface area contributed by atoms with E-state index < -0.39 is 0 Å². The largest absolute Gasteiger partial charge is 0.297 e. The molecule has 0 aliphatic heterocycles. The van der Waals surface area contributed by atoms with Gasteiger partial charge < -0.3 is 0 Å². The van der Waals surface area contributed by atoms with Gasteiger partial charge in [-0.05, 0) is 18.6 Å². The molecular weight excluding hydrogens is 122 g/mol. The Balaban J connectivity index is 0. The van der Waals surface area contributed by atoms with Crippen molar-refractivity contribution in [3.8, 4) is 0 Å². The first kappa shape index (κ1) is 12.4. The van der Waals surface area contributed by atoms with Crippen LogP contribution in [0.3, 0.4) is 0 Å². The molecule has 0 radical (unpaired) electrons. The maximum Gasteiger partial charge on any atom is 0.0408 e. The van der Waals surface area contributed by atoms with Crippen molar-refractivity contribution in [2.75, 3.05) is 6.54 Å². The van der Waals surface area contributed by atoms with Crippen LogP contribution in [-0.4, -0.2) is 12.8 Å². The summed E-state index contributed by atoms with van der Waals surface area (Å²) in [4.78, 5) is 4.16. The van der Waals surface area contributed by atoms with Crippen LogP contribution in [0.2, 0.25) is 0 Å². The third-order valence-electron chi connectivity index (χ3n) is 0.782. The first-order valence-corrected chi connectivity index (χ1v) is 4.25. The van der Waals surface area contributed by atoms with Crippen LogP contribution in [0.5, 0.6) is 0 Å². The number of nitrogens with zero attached hydrogens (tertiary/aromatic N) is 1. The predicted molar refractivity (Wildman–Crippen MR) is 49.8 cm³/mol. The minimum Gasteiger partial charge on any atom is -0.297 e. The molecular formula is C9H21N. The molecule has 0 N–H and O–H groups in total. The fourth-order valence-electron chi connectivity index (χ4n) is 0.414. The van der Waals surface area contributed by atoms with E-state index in [2.05, 4.69) is 25.8 Å². The first-order chi connectivity index (χ1) is 4.77. The van der Waals surface area contributed by atoms with E-state index in [1.54, 1.807) is 0 Å². The normalized spacial score (nSPS) is 9.80. The predicted octanol–water partition coefficient (Wildman–Crippen LogP) is 3.15. The van der Waals surface area contributed by atoms with Gasteiger partial charge in [0.2, 0.25) is 0 Å². The molecule has 1 heteroatoms. The zero-order valence-corrected chi connectivity index (χ0v) is 8.02. The van der Waals surface area contributed by atoms with E-state index in [0.717, 1.165) is 13.0 Å². The summed E-state index contributed by atoms with van der Waals surface area (Å²) in [5.74, 6) is 0.706. The van der Waals surface area contributed by atoms with Crippen LogP contribution in [0.15, 0.2) is 4.99 Å². The number of hydrogen-bond acceptors (Lipinski definition) is 1. The Morgan fingerprint density at radius 1 is 1.30 bits per heavy atom. The van der Waals surface area contributed by atoms with Crippen molar-refractivity contribution >= 4 is 6.21 Å². The van der Waals surface area contributed by atoms with Crippen LogP contribution in [0.4, 0.5) is 0 Å². The monoisotopic (exact) mass is 143 g/mol. The van der Waals surface area contributed by atoms with Crippen molar-refractivity contribution in [2.45, 2.75) is 41.0 Å². The highest BCUT2D eigenvalue weighted by atomic mass is 14.7. The van der Waals surface area contributed by atoms with Gasteiger partial charge in [0, 0.05) is 6.54 Å². The van der Waals surface area contributed by atoms with Crippen LogP contribution in [0, 0.1) is 5.92 Å². The second-order valence-corrected chi connectivity index (χ2v) is 2.35. The zero-order valence-electron chi connectivity index (χ0n) is 8.02. The summed E-state index contributed by atoms with van der Waals surface area (Å²) >= 11 is 0. The van der Waals surface area contributed by atoms with Gasteiger partial charge in [-0.2, -0.15) is 0 Å². The summed E-state index contributed by atoms with van der Waals surface area (Å²) in [6.07, 6.45) is 3.03. The van der Waals surface area contributed by atoms with Crippen molar-refractivity contribution in [3.63, 3.8) is 0 Å². The molecule has 0 bridgehead atoms. The number of rotatable bonds is 3. The van der Waals surface area contributed by atoms with E-state index >= 15 is 0 Å². The van der Waals surface area contributed by atoms with Crippen molar-refractivity contribution in [3.05, 3.63) is 0 Å². The molecule has 0 unspecified atom stereocenters. The van der Waals surface area contributed by atoms with Crippen LogP contribution < -0.4 is 0 Å². The third kappa shape index (κ3) is 15.6. The third-order valence-corrected chi connectivity index (χ3v) is 0.782. The van der Waals surface area contributed by atoms with Gasteiger partial charge in [-0.1, -0.05) is 34.6 Å². The van der Waals surface area contributed by atoms with Gasteiger partial charge in [0.05, 0.1) is 0 Å². The van der Waals surface area contributed by atoms with Gasteiger partial charge >= 0.3 is 0 Å². The summed E-state index contributed by atoms with van der Waals surface area (Å²) in [6, 6.07) is 0. The van der Waals surface area contributed by atoms with Gasteiger partial charge in [0.1, 0.15) is 0 Å². The lowest BCUT2D eigenvalue weighted by Gasteiger charge is -1.94. The minimum absolute atomic E-state index is 0.706. The number of hydrogen-bond donors (Lipinski definition) is 0. The molecule has 0 aromatic heterocycles. The highest BCUT2D eigenvalue weighted by Gasteiger charge is 1.85. The summed E-state index contributed by atoms with van der Waals surface area (Å²) < 4.78 is 0. The lowest BCUT2D eigenvalue weighted by Crippen LogP contribution is -1.91. The standard InChI is InChI=1S/C7H15N.C2H6/c1-4-5-8-6-7(2)3;1-2/h5,7H,4,6H2,1-3H3;1-2H3. The number of aliphatic imine (C=N–C) groups is 1. The SMILES string of the molecule is CC.CCC=NCC(C)C. The smallest absolute Gasteiger partial charge is 0.0408 e. The molecule has 0 heterocycles. The quantitative estimate of drug-likeness (QED) is 0.538. The maximum absolute atomic E-state index is 4.16. The van der Waals surface area contributed by atoms with Gasteiger partial charge in [-0.3, -0.25) is 4.99 Å². The summed E-state index contributed by atoms with van der Waals surface area (Å²) in [6.45, 7) is 11.4. The van der Waals surface area contributed by atoms with E-state index in [-0.39, 0.29) is 0 Å². The molecule has 0 aliphatic carbocycles. The lowest BCUT2D eigenvalue weighted by atomic mass is 10.2. The molecule has 0 saturated heterocycles. The Morgan fingerprint density at radius 2 is 1.80 bits per heavy atom. The molecule has 0 aliphatic rings. The molecule has 10 heavy (non-hydrogen) atoms. The molecule has 0 rings (SSSR count). The van der Waals surface area contributed by atoms with Gasteiger partial charge in [0.25, 0.3) is 0 Å². The van der Waals surface area contributed by atoms with Crippen LogP contribution in [-0.2, 0) is 0 Å². The molecule has 0 aromatic carbocycles. The average molecular weight is 143 g/mol. The van der Waals surface area contributed by atoms with E-state index in [1.807, 2.05) is 20.1 Å². The summed E-state index contributed by atoms with van der Waals surface area (Å²) in [5, 5.41) is 0. The Labute approximate surface area is 65.6 Å². The van der Waals surface area contributed by atoms with Gasteiger partial charge in [0.15, 0.2) is 0 Å². The molecule has 0 fully saturated rings. The Kier molecular flexibility index (Phi) is 14.2. The van der Waals surface area contributed by atoms with Crippen molar-refractivity contribution in [1.82, 2.24) is 0 Å². The van der Waals surface area contributed by atoms with Crippen LogP contribution >= 0.6 is 0 Å². The second kappa shape index (κ2) is 11.5. The Bertz CT molecular complexity index is 65.1. The van der Waals surface area contributed by atoms with Crippen molar-refractivity contribution < 1.29 is 0 Å². The van der Waals surface area contributed by atoms with Crippen molar-refractivity contribution in [1.29, 1.82) is 0 Å². The van der Waals surface area contributed by atoms with Gasteiger partial charge in [-0.15, -0.1) is 0 Å². The molecule has 0 spiro atoms. The molecule has 0 atom stereocenters. The second-order valence-electron chi connectivity index (χ2n) is 2.35. The zero-order chi connectivity index (χ0) is 8.41. The van der Waals surface area contributed by atoms with E-state index in [1.165, 1.54) is 0 Å². The van der Waals surface area contributed by atoms with Gasteiger partial charge in [-0.25, -0.2) is 0 Å². The average Bonchev–Trinajstić information content (AvgIpc) is 1.92. The highest BCUT2D eigenvalue weighted by Crippen LogP contribution is 1.89. The van der Waals surface area contributed by atoms with Crippen LogP contribution in [0.1, 0.15) is 41.0 Å². The Hall–Kier alpha value is -0.330. The Morgan fingerprint density at radius 3 is 2.10 bits per heavy atom. The topological polar surface area (TPSA) is 12.4 Å². The van der Waals surface area contributed by atoms with Crippen molar-refractivity contribution in [2.24, 2.45) is 10.9 Å². The molecule has 0 saturated carbocycles. The minimum atomic E-state index is 0.706. The molecule has 0 amide bonds. The van der Waals surface area contributed by atoms with E-state index in [9.17, 15) is 0 Å². The van der Waals surface area contributed by atoms with E-state index in [4.69, 9.17) is 0 Å². The highest BCUT2D eigenvalue weighted by molar-refractivity contribution is 5.56. The van der Waals surface area contributed by atoms with Crippen LogP contribution in [0.25, 0.3) is 0 Å². The molecule has 62 valence electrons. The summed E-state index contributed by atoms with van der Waals surface area (Å²) in [7, 11) is 0. The summed E-state index contributed by atoms with van der Waals surface area (Å²) in [5.41, 5.74) is 0. The lowest BCUT2D eigenvalue weighted by molar-refractivity contribution is 0.666. The first-order valence-electron chi connectivity index (χ1n) is 4.25. The fraction of sp³-hybridized carbons (Fsp3) is 0.889. The fourth-order valence-corrected chi connectivity index (χ4v) is 0.414. The van der Waals surface area contributed by atoms with E-state index in [0.29, 0.717) is 5.92 Å².